The largest absolute Gasteiger partial charge is 0.493 e. The number of methoxy groups -OCH3 is 1. The van der Waals surface area contributed by atoms with Crippen molar-refractivity contribution in [2.45, 2.75) is 13.0 Å². The number of piperazine rings is 1. The highest BCUT2D eigenvalue weighted by atomic mass is 16.7. The van der Waals surface area contributed by atoms with Gasteiger partial charge < -0.3 is 34.1 Å². The number of benzene rings is 3. The Morgan fingerprint density at radius 1 is 0.952 bits per heavy atom. The molecule has 2 aliphatic heterocycles. The SMILES string of the molecule is COc1cc2c(-c3ccc(C(=O)NCc4ccc5c(c4)OCO5)cc3)ncnc2cc1OCCCN1CCN(C)CC1. The number of rotatable bonds is 10. The Labute approximate surface area is 245 Å². The molecule has 0 bridgehead atoms. The van der Waals surface area contributed by atoms with Gasteiger partial charge in [0.1, 0.15) is 6.33 Å². The number of aromatic nitrogens is 2. The molecule has 1 amide bonds. The van der Waals surface area contributed by atoms with E-state index >= 15 is 0 Å². The number of nitrogens with one attached hydrogen (secondary N) is 1. The van der Waals surface area contributed by atoms with Gasteiger partial charge in [-0.05, 0) is 49.4 Å². The Hall–Kier alpha value is -4.41. The number of amides is 1. The van der Waals surface area contributed by atoms with Crippen LogP contribution in [0.3, 0.4) is 0 Å². The van der Waals surface area contributed by atoms with Crippen molar-refractivity contribution < 1.29 is 23.7 Å². The standard InChI is InChI=1S/C32H35N5O5/c1-36-11-13-37(14-12-36)10-3-15-40-30-18-26-25(17-28(30)39-2)31(35-20-34-26)23-5-7-24(8-6-23)32(38)33-19-22-4-9-27-29(16-22)42-21-41-27/h4-9,16-18,20H,3,10-15,19,21H2,1-2H3,(H,33,38). The summed E-state index contributed by atoms with van der Waals surface area (Å²) in [4.78, 5) is 26.7. The molecule has 2 aliphatic rings. The average Bonchev–Trinajstić information content (AvgIpc) is 3.50. The van der Waals surface area contributed by atoms with Crippen molar-refractivity contribution >= 4 is 16.8 Å². The number of carbonyl (C=O) groups is 1. The maximum Gasteiger partial charge on any atom is 0.251 e. The van der Waals surface area contributed by atoms with Gasteiger partial charge in [0, 0.05) is 61.8 Å². The minimum Gasteiger partial charge on any atom is -0.493 e. The number of ether oxygens (including phenoxy) is 4. The van der Waals surface area contributed by atoms with E-state index in [-0.39, 0.29) is 12.7 Å². The number of likely N-dealkylation sites (N-methyl/N-ethyl adjacent to an activating group) is 1. The first-order chi connectivity index (χ1) is 20.6. The summed E-state index contributed by atoms with van der Waals surface area (Å²) < 4.78 is 22.6. The summed E-state index contributed by atoms with van der Waals surface area (Å²) in [6.45, 7) is 6.64. The second-order valence-corrected chi connectivity index (χ2v) is 10.5. The Morgan fingerprint density at radius 2 is 1.76 bits per heavy atom. The second-order valence-electron chi connectivity index (χ2n) is 10.5. The van der Waals surface area contributed by atoms with Crippen LogP contribution in [-0.4, -0.2) is 86.0 Å². The van der Waals surface area contributed by atoms with E-state index in [1.807, 2.05) is 42.5 Å². The molecular formula is C32H35N5O5. The third-order valence-corrected chi connectivity index (χ3v) is 7.70. The van der Waals surface area contributed by atoms with Crippen LogP contribution in [0.15, 0.2) is 60.9 Å². The van der Waals surface area contributed by atoms with E-state index in [1.54, 1.807) is 25.6 Å². The lowest BCUT2D eigenvalue weighted by atomic mass is 10.0. The summed E-state index contributed by atoms with van der Waals surface area (Å²) in [6.07, 6.45) is 2.49. The minimum atomic E-state index is -0.164. The molecule has 1 fully saturated rings. The van der Waals surface area contributed by atoms with Gasteiger partial charge in [-0.1, -0.05) is 18.2 Å². The number of nitrogens with zero attached hydrogens (tertiary/aromatic N) is 4. The van der Waals surface area contributed by atoms with E-state index in [0.717, 1.165) is 72.6 Å². The predicted molar refractivity (Wildman–Crippen MR) is 159 cm³/mol. The predicted octanol–water partition coefficient (Wildman–Crippen LogP) is 3.98. The monoisotopic (exact) mass is 569 g/mol. The van der Waals surface area contributed by atoms with Gasteiger partial charge in [-0.15, -0.1) is 0 Å². The van der Waals surface area contributed by atoms with Crippen molar-refractivity contribution in [2.24, 2.45) is 0 Å². The molecule has 218 valence electrons. The van der Waals surface area contributed by atoms with Crippen LogP contribution < -0.4 is 24.3 Å². The van der Waals surface area contributed by atoms with Gasteiger partial charge in [-0.2, -0.15) is 0 Å². The quantitative estimate of drug-likeness (QED) is 0.285. The molecule has 0 unspecified atom stereocenters. The third-order valence-electron chi connectivity index (χ3n) is 7.70. The molecule has 1 N–H and O–H groups in total. The summed E-state index contributed by atoms with van der Waals surface area (Å²) >= 11 is 0. The fraction of sp³-hybridized carbons (Fsp3) is 0.344. The van der Waals surface area contributed by atoms with Gasteiger partial charge in [-0.3, -0.25) is 4.79 Å². The molecule has 0 atom stereocenters. The molecule has 0 spiro atoms. The Balaban J connectivity index is 1.10. The minimum absolute atomic E-state index is 0.164. The molecule has 0 saturated carbocycles. The third kappa shape index (κ3) is 6.24. The Kier molecular flexibility index (Phi) is 8.34. The first-order valence-electron chi connectivity index (χ1n) is 14.2. The van der Waals surface area contributed by atoms with Crippen LogP contribution in [-0.2, 0) is 6.54 Å². The highest BCUT2D eigenvalue weighted by molar-refractivity contribution is 5.97. The number of fused-ring (bicyclic) bond motifs is 2. The average molecular weight is 570 g/mol. The molecule has 0 aliphatic carbocycles. The van der Waals surface area contributed by atoms with Crippen molar-refractivity contribution in [3.8, 4) is 34.3 Å². The normalized spacial score (nSPS) is 15.1. The highest BCUT2D eigenvalue weighted by Crippen LogP contribution is 2.36. The van der Waals surface area contributed by atoms with Gasteiger partial charge in [0.2, 0.25) is 6.79 Å². The maximum absolute atomic E-state index is 12.8. The molecule has 0 radical (unpaired) electrons. The summed E-state index contributed by atoms with van der Waals surface area (Å²) in [6, 6.07) is 16.9. The summed E-state index contributed by atoms with van der Waals surface area (Å²) in [5.74, 6) is 2.55. The zero-order valence-corrected chi connectivity index (χ0v) is 24.0. The van der Waals surface area contributed by atoms with E-state index in [1.165, 1.54) is 0 Å². The number of hydrogen-bond acceptors (Lipinski definition) is 9. The van der Waals surface area contributed by atoms with Gasteiger partial charge in [0.15, 0.2) is 23.0 Å². The molecule has 3 aromatic carbocycles. The zero-order chi connectivity index (χ0) is 28.9. The van der Waals surface area contributed by atoms with Crippen LogP contribution in [0.4, 0.5) is 0 Å². The highest BCUT2D eigenvalue weighted by Gasteiger charge is 2.17. The van der Waals surface area contributed by atoms with Crippen molar-refractivity contribution in [2.75, 3.05) is 60.3 Å². The summed E-state index contributed by atoms with van der Waals surface area (Å²) in [5, 5.41) is 3.81. The van der Waals surface area contributed by atoms with Gasteiger partial charge in [0.05, 0.1) is 24.9 Å². The van der Waals surface area contributed by atoms with Crippen molar-refractivity contribution in [1.82, 2.24) is 25.1 Å². The molecule has 3 heterocycles. The van der Waals surface area contributed by atoms with Gasteiger partial charge in [0.25, 0.3) is 5.91 Å². The Morgan fingerprint density at radius 3 is 2.57 bits per heavy atom. The summed E-state index contributed by atoms with van der Waals surface area (Å²) in [7, 11) is 3.80. The molecule has 1 saturated heterocycles. The Bertz CT molecular complexity index is 1550. The first-order valence-corrected chi connectivity index (χ1v) is 14.2. The van der Waals surface area contributed by atoms with Gasteiger partial charge in [-0.25, -0.2) is 9.97 Å². The topological polar surface area (TPSA) is 98.3 Å². The van der Waals surface area contributed by atoms with Crippen LogP contribution in [0, 0.1) is 0 Å². The fourth-order valence-corrected chi connectivity index (χ4v) is 5.22. The molecular weight excluding hydrogens is 534 g/mol. The fourth-order valence-electron chi connectivity index (χ4n) is 5.22. The second kappa shape index (κ2) is 12.6. The lowest BCUT2D eigenvalue weighted by Crippen LogP contribution is -2.44. The van der Waals surface area contributed by atoms with Crippen molar-refractivity contribution in [1.29, 1.82) is 0 Å². The summed E-state index contributed by atoms with van der Waals surface area (Å²) in [5.41, 5.74) is 3.89. The van der Waals surface area contributed by atoms with E-state index in [0.29, 0.717) is 36.0 Å². The van der Waals surface area contributed by atoms with Crippen LogP contribution >= 0.6 is 0 Å². The lowest BCUT2D eigenvalue weighted by molar-refractivity contribution is 0.0951. The van der Waals surface area contributed by atoms with Crippen LogP contribution in [0.2, 0.25) is 0 Å². The van der Waals surface area contributed by atoms with Crippen LogP contribution in [0.5, 0.6) is 23.0 Å². The molecule has 4 aromatic rings. The van der Waals surface area contributed by atoms with Gasteiger partial charge >= 0.3 is 0 Å². The van der Waals surface area contributed by atoms with Crippen LogP contribution in [0.25, 0.3) is 22.2 Å². The zero-order valence-electron chi connectivity index (χ0n) is 24.0. The number of hydrogen-bond donors (Lipinski definition) is 1. The van der Waals surface area contributed by atoms with Crippen molar-refractivity contribution in [3.05, 3.63) is 72.1 Å². The van der Waals surface area contributed by atoms with E-state index in [4.69, 9.17) is 18.9 Å². The van der Waals surface area contributed by atoms with E-state index in [2.05, 4.69) is 32.1 Å². The smallest absolute Gasteiger partial charge is 0.251 e. The van der Waals surface area contributed by atoms with E-state index < -0.39 is 0 Å². The van der Waals surface area contributed by atoms with Crippen LogP contribution in [0.1, 0.15) is 22.3 Å². The number of carbonyl (C=O) groups excluding carboxylic acids is 1. The molecule has 10 heteroatoms. The molecule has 6 rings (SSSR count). The first kappa shape index (κ1) is 27.7. The lowest BCUT2D eigenvalue weighted by Gasteiger charge is -2.32. The maximum atomic E-state index is 12.8. The van der Waals surface area contributed by atoms with Crippen molar-refractivity contribution in [3.63, 3.8) is 0 Å². The molecule has 1 aromatic heterocycles. The molecule has 10 nitrogen and oxygen atoms in total. The molecule has 42 heavy (non-hydrogen) atoms. The van der Waals surface area contributed by atoms with E-state index in [9.17, 15) is 4.79 Å².